The first-order chi connectivity index (χ1) is 14.8. The van der Waals surface area contributed by atoms with E-state index in [0.717, 1.165) is 31.4 Å². The first-order valence-electron chi connectivity index (χ1n) is 10.3. The first kappa shape index (κ1) is 20.1. The molecule has 1 aromatic heterocycles. The van der Waals surface area contributed by atoms with Crippen LogP contribution in [-0.2, 0) is 11.3 Å². The van der Waals surface area contributed by atoms with Gasteiger partial charge < -0.3 is 19.7 Å². The van der Waals surface area contributed by atoms with Crippen molar-refractivity contribution in [2.24, 2.45) is 0 Å². The van der Waals surface area contributed by atoms with Crippen LogP contribution < -0.4 is 10.1 Å². The fraction of sp³-hybridized carbons (Fsp3) is 0.455. The normalized spacial score (nSPS) is 19.5. The lowest BCUT2D eigenvalue weighted by molar-refractivity contribution is -0.274. The van der Waals surface area contributed by atoms with Gasteiger partial charge in [-0.1, -0.05) is 6.07 Å². The largest absolute Gasteiger partial charge is 0.573 e. The SMILES string of the molecule is O=C(c1ccc(NCc2cc(OC(F)(F)F)cc(C3CC3)c2)nc1)N1CCC12COC2. The Morgan fingerprint density at radius 2 is 2.06 bits per heavy atom. The molecule has 5 rings (SSSR count). The molecule has 164 valence electrons. The zero-order valence-corrected chi connectivity index (χ0v) is 16.7. The van der Waals surface area contributed by atoms with Crippen LogP contribution in [0.15, 0.2) is 36.5 Å². The Hall–Kier alpha value is -2.81. The van der Waals surface area contributed by atoms with Gasteiger partial charge in [0.1, 0.15) is 11.6 Å². The molecule has 31 heavy (non-hydrogen) atoms. The van der Waals surface area contributed by atoms with Gasteiger partial charge in [0.05, 0.1) is 24.3 Å². The van der Waals surface area contributed by atoms with E-state index in [1.807, 2.05) is 11.0 Å². The monoisotopic (exact) mass is 433 g/mol. The van der Waals surface area contributed by atoms with Crippen LogP contribution in [0.2, 0.25) is 0 Å². The number of carbonyl (C=O) groups is 1. The number of hydrogen-bond acceptors (Lipinski definition) is 5. The highest BCUT2D eigenvalue weighted by Crippen LogP contribution is 2.42. The quantitative estimate of drug-likeness (QED) is 0.744. The highest BCUT2D eigenvalue weighted by molar-refractivity contribution is 5.95. The lowest BCUT2D eigenvalue weighted by Gasteiger charge is -2.57. The number of nitrogens with zero attached hydrogens (tertiary/aromatic N) is 2. The van der Waals surface area contributed by atoms with Gasteiger partial charge in [-0.15, -0.1) is 13.2 Å². The number of hydrogen-bond donors (Lipinski definition) is 1. The number of halogens is 3. The average Bonchev–Trinajstić information content (AvgIpc) is 3.48. The molecule has 3 fully saturated rings. The molecule has 3 aliphatic rings. The van der Waals surface area contributed by atoms with Crippen molar-refractivity contribution >= 4 is 11.7 Å². The number of anilines is 1. The topological polar surface area (TPSA) is 63.7 Å². The molecule has 1 aliphatic carbocycles. The molecule has 1 aromatic carbocycles. The second-order valence-electron chi connectivity index (χ2n) is 8.44. The van der Waals surface area contributed by atoms with Crippen molar-refractivity contribution in [3.05, 3.63) is 53.2 Å². The lowest BCUT2D eigenvalue weighted by Crippen LogP contribution is -2.72. The smallest absolute Gasteiger partial charge is 0.406 e. The fourth-order valence-electron chi connectivity index (χ4n) is 4.10. The number of alkyl halides is 3. The van der Waals surface area contributed by atoms with E-state index in [-0.39, 0.29) is 17.2 Å². The van der Waals surface area contributed by atoms with Crippen molar-refractivity contribution < 1.29 is 27.4 Å². The number of benzene rings is 1. The number of carbonyl (C=O) groups excluding carboxylic acids is 1. The van der Waals surface area contributed by atoms with Crippen molar-refractivity contribution in [2.75, 3.05) is 25.1 Å². The Morgan fingerprint density at radius 3 is 2.61 bits per heavy atom. The summed E-state index contributed by atoms with van der Waals surface area (Å²) in [6.45, 7) is 2.20. The Bertz CT molecular complexity index is 980. The molecule has 2 aromatic rings. The van der Waals surface area contributed by atoms with Crippen molar-refractivity contribution in [1.29, 1.82) is 0 Å². The number of nitrogens with one attached hydrogen (secondary N) is 1. The van der Waals surface area contributed by atoms with Crippen LogP contribution in [0, 0.1) is 0 Å². The molecule has 2 saturated heterocycles. The maximum atomic E-state index is 12.7. The summed E-state index contributed by atoms with van der Waals surface area (Å²) in [5, 5.41) is 3.11. The van der Waals surface area contributed by atoms with Crippen LogP contribution in [0.25, 0.3) is 0 Å². The van der Waals surface area contributed by atoms with Gasteiger partial charge in [0.15, 0.2) is 0 Å². The van der Waals surface area contributed by atoms with E-state index in [9.17, 15) is 18.0 Å². The van der Waals surface area contributed by atoms with Crippen LogP contribution in [0.1, 0.15) is 46.7 Å². The summed E-state index contributed by atoms with van der Waals surface area (Å²) < 4.78 is 47.3. The predicted molar refractivity (Wildman–Crippen MR) is 106 cm³/mol. The van der Waals surface area contributed by atoms with E-state index >= 15 is 0 Å². The average molecular weight is 433 g/mol. The van der Waals surface area contributed by atoms with Crippen LogP contribution in [0.5, 0.6) is 5.75 Å². The third-order valence-electron chi connectivity index (χ3n) is 6.12. The van der Waals surface area contributed by atoms with E-state index in [1.165, 1.54) is 18.3 Å². The number of ether oxygens (including phenoxy) is 2. The van der Waals surface area contributed by atoms with E-state index < -0.39 is 6.36 Å². The highest BCUT2D eigenvalue weighted by Gasteiger charge is 2.53. The molecule has 1 spiro atoms. The number of pyridine rings is 1. The molecule has 0 atom stereocenters. The van der Waals surface area contributed by atoms with Crippen molar-refractivity contribution in [1.82, 2.24) is 9.88 Å². The summed E-state index contributed by atoms with van der Waals surface area (Å²) >= 11 is 0. The summed E-state index contributed by atoms with van der Waals surface area (Å²) in [6, 6.07) is 8.16. The molecule has 2 aliphatic heterocycles. The van der Waals surface area contributed by atoms with Gasteiger partial charge in [-0.05, 0) is 60.6 Å². The van der Waals surface area contributed by atoms with E-state index in [4.69, 9.17) is 4.74 Å². The number of amides is 1. The molecule has 1 saturated carbocycles. The van der Waals surface area contributed by atoms with Crippen LogP contribution in [0.3, 0.4) is 0 Å². The molecule has 3 heterocycles. The van der Waals surface area contributed by atoms with Crippen molar-refractivity contribution in [3.63, 3.8) is 0 Å². The van der Waals surface area contributed by atoms with Crippen molar-refractivity contribution in [3.8, 4) is 5.75 Å². The number of rotatable bonds is 6. The van der Waals surface area contributed by atoms with Gasteiger partial charge in [-0.2, -0.15) is 0 Å². The Kier molecular flexibility index (Phi) is 4.80. The van der Waals surface area contributed by atoms with E-state index in [2.05, 4.69) is 15.0 Å². The maximum Gasteiger partial charge on any atom is 0.573 e. The second kappa shape index (κ2) is 7.40. The van der Waals surface area contributed by atoms with Gasteiger partial charge in [0.2, 0.25) is 0 Å². The predicted octanol–water partition coefficient (Wildman–Crippen LogP) is 4.08. The summed E-state index contributed by atoms with van der Waals surface area (Å²) in [4.78, 5) is 18.8. The molecule has 9 heteroatoms. The minimum atomic E-state index is -4.72. The molecule has 0 radical (unpaired) electrons. The standard InChI is InChI=1S/C22H22F3N3O3/c23-22(24,25)31-18-8-14(7-17(9-18)15-1-2-15)10-26-19-4-3-16(11-27-19)20(29)28-6-5-21(28)12-30-13-21/h3-4,7-9,11,15H,1-2,5-6,10,12-13H2,(H,26,27). The van der Waals surface area contributed by atoms with Gasteiger partial charge in [-0.3, -0.25) is 4.79 Å². The molecule has 0 unspecified atom stereocenters. The molecule has 0 bridgehead atoms. The molecule has 1 N–H and O–H groups in total. The maximum absolute atomic E-state index is 12.7. The molecular formula is C22H22F3N3O3. The fourth-order valence-corrected chi connectivity index (χ4v) is 4.10. The van der Waals surface area contributed by atoms with Gasteiger partial charge in [0, 0.05) is 19.3 Å². The first-order valence-corrected chi connectivity index (χ1v) is 10.3. The van der Waals surface area contributed by atoms with Crippen LogP contribution in [-0.4, -0.2) is 47.5 Å². The number of aromatic nitrogens is 1. The Morgan fingerprint density at radius 1 is 1.26 bits per heavy atom. The molecule has 6 nitrogen and oxygen atoms in total. The minimum Gasteiger partial charge on any atom is -0.406 e. The Balaban J connectivity index is 1.24. The zero-order chi connectivity index (χ0) is 21.6. The molecular weight excluding hydrogens is 411 g/mol. The van der Waals surface area contributed by atoms with E-state index in [1.54, 1.807) is 12.1 Å². The van der Waals surface area contributed by atoms with Gasteiger partial charge in [0.25, 0.3) is 5.91 Å². The second-order valence-corrected chi connectivity index (χ2v) is 8.44. The van der Waals surface area contributed by atoms with Crippen LogP contribution in [0.4, 0.5) is 19.0 Å². The van der Waals surface area contributed by atoms with Gasteiger partial charge >= 0.3 is 6.36 Å². The third-order valence-corrected chi connectivity index (χ3v) is 6.12. The number of likely N-dealkylation sites (tertiary alicyclic amines) is 1. The highest BCUT2D eigenvalue weighted by atomic mass is 19.4. The lowest BCUT2D eigenvalue weighted by atomic mass is 9.82. The zero-order valence-electron chi connectivity index (χ0n) is 16.7. The van der Waals surface area contributed by atoms with Gasteiger partial charge in [-0.25, -0.2) is 4.98 Å². The Labute approximate surface area is 177 Å². The molecule has 1 amide bonds. The van der Waals surface area contributed by atoms with E-state index in [0.29, 0.717) is 42.6 Å². The summed E-state index contributed by atoms with van der Waals surface area (Å²) in [5.41, 5.74) is 1.92. The summed E-state index contributed by atoms with van der Waals surface area (Å²) in [7, 11) is 0. The summed E-state index contributed by atoms with van der Waals surface area (Å²) in [6.07, 6.45) is -0.286. The van der Waals surface area contributed by atoms with Crippen molar-refractivity contribution in [2.45, 2.75) is 43.6 Å². The summed E-state index contributed by atoms with van der Waals surface area (Å²) in [5.74, 6) is 0.576. The minimum absolute atomic E-state index is 0.0559. The third kappa shape index (κ3) is 4.19. The van der Waals surface area contributed by atoms with Crippen LogP contribution >= 0.6 is 0 Å².